The van der Waals surface area contributed by atoms with Crippen LogP contribution in [0.1, 0.15) is 142 Å². The summed E-state index contributed by atoms with van der Waals surface area (Å²) < 4.78 is 32.5. The monoisotopic (exact) mass is 536 g/mol. The minimum atomic E-state index is -3.54. The number of unbranched alkanes of at least 4 members (excludes halogenated alkanes) is 12. The maximum Gasteiger partial charge on any atom is 0.270 e. The minimum absolute atomic E-state index is 0.171. The molecule has 36 heavy (non-hydrogen) atoms. The van der Waals surface area contributed by atoms with E-state index in [9.17, 15) is 8.42 Å². The first-order chi connectivity index (χ1) is 17.5. The Balaban J connectivity index is 4.48. The normalized spacial score (nSPS) is 13.8. The Labute approximate surface area is 223 Å². The molecule has 8 N–H and O–H groups in total. The second-order valence-electron chi connectivity index (χ2n) is 10.1. The van der Waals surface area contributed by atoms with Gasteiger partial charge in [-0.1, -0.05) is 104 Å². The summed E-state index contributed by atoms with van der Waals surface area (Å²) in [6.45, 7) is 6.02. The van der Waals surface area contributed by atoms with E-state index in [-0.39, 0.29) is 11.4 Å². The van der Waals surface area contributed by atoms with Crippen molar-refractivity contribution in [1.29, 1.82) is 0 Å². The molecule has 0 saturated carbocycles. The third-order valence-corrected chi connectivity index (χ3v) is 8.63. The maximum atomic E-state index is 13.3. The molecular weight excluding hydrogens is 476 g/mol. The van der Waals surface area contributed by atoms with Crippen molar-refractivity contribution in [3.05, 3.63) is 0 Å². The van der Waals surface area contributed by atoms with Gasteiger partial charge in [0.25, 0.3) is 10.1 Å². The number of rotatable bonds is 29. The van der Waals surface area contributed by atoms with Crippen LogP contribution >= 0.6 is 0 Å². The van der Waals surface area contributed by atoms with Crippen LogP contribution in [0.5, 0.6) is 0 Å². The molecule has 10 heteroatoms. The molecule has 0 spiro atoms. The van der Waals surface area contributed by atoms with E-state index in [1.165, 1.54) is 25.7 Å². The van der Waals surface area contributed by atoms with Gasteiger partial charge in [0.1, 0.15) is 0 Å². The zero-order chi connectivity index (χ0) is 26.7. The van der Waals surface area contributed by atoms with E-state index in [4.69, 9.17) is 15.9 Å². The van der Waals surface area contributed by atoms with Gasteiger partial charge < -0.3 is 0 Å². The van der Waals surface area contributed by atoms with Gasteiger partial charge in [-0.2, -0.15) is 19.5 Å². The Morgan fingerprint density at radius 2 is 0.972 bits per heavy atom. The molecule has 0 aromatic rings. The van der Waals surface area contributed by atoms with Gasteiger partial charge in [-0.05, 0) is 38.5 Å². The van der Waals surface area contributed by atoms with Gasteiger partial charge in [-0.3, -0.25) is 15.9 Å². The maximum absolute atomic E-state index is 13.3. The van der Waals surface area contributed by atoms with Crippen LogP contribution < -0.4 is 33.6 Å². The Morgan fingerprint density at radius 3 is 1.47 bits per heavy atom. The van der Waals surface area contributed by atoms with Crippen molar-refractivity contribution >= 4 is 10.1 Å². The van der Waals surface area contributed by atoms with Crippen molar-refractivity contribution in [2.24, 2.45) is 11.7 Å². The van der Waals surface area contributed by atoms with Gasteiger partial charge in [0.2, 0.25) is 0 Å². The number of hydrogen-bond donors (Lipinski definition) is 6. The highest BCUT2D eigenvalue weighted by atomic mass is 32.2. The van der Waals surface area contributed by atoms with Gasteiger partial charge in [0.05, 0.1) is 11.4 Å². The predicted molar refractivity (Wildman–Crippen MR) is 152 cm³/mol. The van der Waals surface area contributed by atoms with Crippen LogP contribution in [0.3, 0.4) is 0 Å². The zero-order valence-electron chi connectivity index (χ0n) is 23.5. The standard InChI is InChI=1S/C26H60N6O3S/c1-3-5-19-25(20-15-11-7-9-13-17-23-29-31-27)35-36(33,34)26(21-6-4-2)22-16-12-8-10-14-18-24-30-32-28/h25-26,29-32H,3-24,27-28H2,1-2H3. The predicted octanol–water partition coefficient (Wildman–Crippen LogP) is 4.85. The lowest BCUT2D eigenvalue weighted by Crippen LogP contribution is -2.38. The molecular formula is C26H60N6O3S. The number of hydrazine groups is 4. The number of hydrogen-bond acceptors (Lipinski definition) is 9. The average Bonchev–Trinajstić information content (AvgIpc) is 2.86. The largest absolute Gasteiger partial charge is 0.270 e. The first kappa shape index (κ1) is 35.7. The smallest absolute Gasteiger partial charge is 0.267 e. The molecule has 0 heterocycles. The second-order valence-corrected chi connectivity index (χ2v) is 11.9. The molecule has 0 aromatic heterocycles. The molecule has 0 aliphatic carbocycles. The highest BCUT2D eigenvalue weighted by Crippen LogP contribution is 2.24. The first-order valence-corrected chi connectivity index (χ1v) is 16.3. The molecule has 0 bridgehead atoms. The molecule has 0 aliphatic rings. The first-order valence-electron chi connectivity index (χ1n) is 14.8. The Hall–Kier alpha value is -0.330. The van der Waals surface area contributed by atoms with Crippen LogP contribution in [0.4, 0.5) is 0 Å². The van der Waals surface area contributed by atoms with E-state index in [1.807, 2.05) is 0 Å². The van der Waals surface area contributed by atoms with Crippen molar-refractivity contribution in [2.75, 3.05) is 13.1 Å². The molecule has 0 aliphatic heterocycles. The van der Waals surface area contributed by atoms with E-state index in [2.05, 4.69) is 35.8 Å². The number of nitrogens with one attached hydrogen (secondary N) is 4. The van der Waals surface area contributed by atoms with Gasteiger partial charge in [-0.15, -0.1) is 0 Å². The summed E-state index contributed by atoms with van der Waals surface area (Å²) in [6.07, 6.45) is 20.4. The molecule has 0 saturated heterocycles. The topological polar surface area (TPSA) is 144 Å². The van der Waals surface area contributed by atoms with Crippen LogP contribution in [0.15, 0.2) is 0 Å². The highest BCUT2D eigenvalue weighted by Gasteiger charge is 2.28. The summed E-state index contributed by atoms with van der Waals surface area (Å²) >= 11 is 0. The van der Waals surface area contributed by atoms with Crippen molar-refractivity contribution in [3.63, 3.8) is 0 Å². The Kier molecular flexibility index (Phi) is 26.0. The summed E-state index contributed by atoms with van der Waals surface area (Å²) in [4.78, 5) is 0. The molecule has 0 fully saturated rings. The van der Waals surface area contributed by atoms with Crippen molar-refractivity contribution in [3.8, 4) is 0 Å². The van der Waals surface area contributed by atoms with Crippen molar-refractivity contribution < 1.29 is 12.6 Å². The molecule has 2 atom stereocenters. The van der Waals surface area contributed by atoms with Gasteiger partial charge >= 0.3 is 0 Å². The van der Waals surface area contributed by atoms with Crippen molar-refractivity contribution in [2.45, 2.75) is 154 Å². The van der Waals surface area contributed by atoms with Gasteiger partial charge in [-0.25, -0.2) is 10.9 Å². The van der Waals surface area contributed by atoms with Gasteiger partial charge in [0, 0.05) is 13.1 Å². The van der Waals surface area contributed by atoms with Crippen LogP contribution in [-0.2, 0) is 14.3 Å². The lowest BCUT2D eigenvalue weighted by molar-refractivity contribution is 0.177. The summed E-state index contributed by atoms with van der Waals surface area (Å²) in [6, 6.07) is 0. The number of nitrogens with two attached hydrogens (primary N) is 2. The minimum Gasteiger partial charge on any atom is -0.267 e. The molecule has 0 radical (unpaired) electrons. The molecule has 0 amide bonds. The summed E-state index contributed by atoms with van der Waals surface area (Å²) in [7, 11) is -3.54. The molecule has 9 nitrogen and oxygen atoms in total. The second kappa shape index (κ2) is 26.3. The Morgan fingerprint density at radius 1 is 0.583 bits per heavy atom. The molecule has 2 unspecified atom stereocenters. The third kappa shape index (κ3) is 21.7. The summed E-state index contributed by atoms with van der Waals surface area (Å²) in [5.74, 6) is 10.4. The van der Waals surface area contributed by atoms with E-state index in [0.717, 1.165) is 109 Å². The molecule has 0 aromatic carbocycles. The average molecular weight is 537 g/mol. The quantitative estimate of drug-likeness (QED) is 0.0342. The van der Waals surface area contributed by atoms with Crippen LogP contribution in [-0.4, -0.2) is 32.9 Å². The van der Waals surface area contributed by atoms with E-state index < -0.39 is 10.1 Å². The fourth-order valence-electron chi connectivity index (χ4n) is 4.53. The molecule has 218 valence electrons. The fourth-order valence-corrected chi connectivity index (χ4v) is 6.17. The lowest BCUT2D eigenvalue weighted by atomic mass is 10.0. The summed E-state index contributed by atoms with van der Waals surface area (Å²) in [5, 5.41) is -0.363. The van der Waals surface area contributed by atoms with E-state index in [1.54, 1.807) is 0 Å². The van der Waals surface area contributed by atoms with Crippen LogP contribution in [0, 0.1) is 0 Å². The van der Waals surface area contributed by atoms with E-state index in [0.29, 0.717) is 6.42 Å². The van der Waals surface area contributed by atoms with Crippen LogP contribution in [0.2, 0.25) is 0 Å². The SMILES string of the molecule is CCCCC(CCCCCCCCNNN)OS(=O)(=O)C(CCCC)CCCCCCCCNNN. The fraction of sp³-hybridized carbons (Fsp3) is 1.00. The van der Waals surface area contributed by atoms with Gasteiger partial charge in [0.15, 0.2) is 0 Å². The molecule has 0 rings (SSSR count). The Bertz CT molecular complexity index is 554. The van der Waals surface area contributed by atoms with Crippen molar-refractivity contribution in [1.82, 2.24) is 21.9 Å². The zero-order valence-corrected chi connectivity index (χ0v) is 24.3. The lowest BCUT2D eigenvalue weighted by Gasteiger charge is -2.23. The highest BCUT2D eigenvalue weighted by molar-refractivity contribution is 7.87. The summed E-state index contributed by atoms with van der Waals surface area (Å²) in [5.41, 5.74) is 10.7. The van der Waals surface area contributed by atoms with E-state index >= 15 is 0 Å². The third-order valence-electron chi connectivity index (χ3n) is 6.80. The van der Waals surface area contributed by atoms with Crippen LogP contribution in [0.25, 0.3) is 0 Å².